The number of aromatic nitrogens is 3. The first-order chi connectivity index (χ1) is 13.5. The summed E-state index contributed by atoms with van der Waals surface area (Å²) < 4.78 is 7.08. The van der Waals surface area contributed by atoms with E-state index in [1.165, 1.54) is 11.8 Å². The number of ether oxygens (including phenoxy) is 1. The summed E-state index contributed by atoms with van der Waals surface area (Å²) in [5, 5.41) is 11.8. The molecule has 0 saturated heterocycles. The molecular weight excluding hydrogens is 414 g/mol. The molecule has 0 bridgehead atoms. The number of thiophene rings is 1. The molecule has 0 saturated carbocycles. The molecule has 0 spiro atoms. The Bertz CT molecular complexity index is 933. The van der Waals surface area contributed by atoms with Gasteiger partial charge in [0.2, 0.25) is 5.91 Å². The Kier molecular flexibility index (Phi) is 7.42. The van der Waals surface area contributed by atoms with Crippen LogP contribution in [0.4, 0.5) is 5.00 Å². The molecule has 2 aromatic heterocycles. The number of amides is 2. The zero-order valence-electron chi connectivity index (χ0n) is 17.2. The van der Waals surface area contributed by atoms with E-state index in [0.29, 0.717) is 10.7 Å². The zero-order chi connectivity index (χ0) is 21.9. The van der Waals surface area contributed by atoms with Gasteiger partial charge in [0, 0.05) is 13.0 Å². The number of nitrogens with two attached hydrogens (primary N) is 1. The maximum Gasteiger partial charge on any atom is 0.341 e. The summed E-state index contributed by atoms with van der Waals surface area (Å²) >= 11 is 2.19. The van der Waals surface area contributed by atoms with Crippen molar-refractivity contribution in [3.05, 3.63) is 21.8 Å². The second-order valence-corrected chi connectivity index (χ2v) is 8.93. The first kappa shape index (κ1) is 22.9. The lowest BCUT2D eigenvalue weighted by atomic mass is 10.1. The monoisotopic (exact) mass is 439 g/mol. The molecule has 2 aromatic rings. The van der Waals surface area contributed by atoms with Crippen molar-refractivity contribution in [2.75, 3.05) is 11.1 Å². The minimum Gasteiger partial charge on any atom is -0.459 e. The normalized spacial score (nSPS) is 11.2. The minimum absolute atomic E-state index is 0.0611. The molecule has 0 fully saturated rings. The number of esters is 1. The largest absolute Gasteiger partial charge is 0.459 e. The lowest BCUT2D eigenvalue weighted by Crippen LogP contribution is -2.18. The van der Waals surface area contributed by atoms with Crippen LogP contribution >= 0.6 is 23.1 Å². The van der Waals surface area contributed by atoms with E-state index >= 15 is 0 Å². The van der Waals surface area contributed by atoms with E-state index in [4.69, 9.17) is 10.5 Å². The molecular formula is C18H25N5O4S2. The molecule has 0 aliphatic carbocycles. The van der Waals surface area contributed by atoms with Crippen molar-refractivity contribution in [2.45, 2.75) is 51.8 Å². The number of primary amides is 1. The number of carbonyl (C=O) groups excluding carboxylic acids is 3. The Morgan fingerprint density at radius 1 is 1.24 bits per heavy atom. The van der Waals surface area contributed by atoms with Crippen LogP contribution in [-0.4, -0.2) is 44.4 Å². The number of nitrogens with zero attached hydrogens (tertiary/aromatic N) is 3. The molecule has 29 heavy (non-hydrogen) atoms. The van der Waals surface area contributed by atoms with Crippen LogP contribution in [0.15, 0.2) is 5.16 Å². The van der Waals surface area contributed by atoms with Gasteiger partial charge in [-0.1, -0.05) is 25.6 Å². The summed E-state index contributed by atoms with van der Waals surface area (Å²) in [5.41, 5.74) is 5.94. The van der Waals surface area contributed by atoms with Gasteiger partial charge in [-0.15, -0.1) is 21.5 Å². The van der Waals surface area contributed by atoms with E-state index in [2.05, 4.69) is 15.5 Å². The van der Waals surface area contributed by atoms with Gasteiger partial charge in [0.15, 0.2) is 5.16 Å². The number of rotatable bonds is 8. The molecule has 0 aliphatic rings. The predicted octanol–water partition coefficient (Wildman–Crippen LogP) is 2.70. The third-order valence-electron chi connectivity index (χ3n) is 3.89. The molecule has 0 atom stereocenters. The van der Waals surface area contributed by atoms with Gasteiger partial charge in [-0.3, -0.25) is 9.59 Å². The van der Waals surface area contributed by atoms with Crippen LogP contribution in [0.2, 0.25) is 0 Å². The number of anilines is 1. The smallest absolute Gasteiger partial charge is 0.341 e. The third-order valence-corrected chi connectivity index (χ3v) is 6.13. The van der Waals surface area contributed by atoms with Crippen LogP contribution < -0.4 is 11.1 Å². The van der Waals surface area contributed by atoms with Gasteiger partial charge in [-0.25, -0.2) is 4.79 Å². The Morgan fingerprint density at radius 3 is 2.41 bits per heavy atom. The fourth-order valence-corrected chi connectivity index (χ4v) is 4.38. The average Bonchev–Trinajstić information content (AvgIpc) is 3.12. The second-order valence-electron chi connectivity index (χ2n) is 6.97. The number of thioether (sulfide) groups is 1. The highest BCUT2D eigenvalue weighted by Crippen LogP contribution is 2.34. The van der Waals surface area contributed by atoms with Crippen molar-refractivity contribution in [2.24, 2.45) is 12.8 Å². The summed E-state index contributed by atoms with van der Waals surface area (Å²) in [6.45, 7) is 9.06. The molecule has 158 valence electrons. The van der Waals surface area contributed by atoms with E-state index in [1.807, 2.05) is 25.5 Å². The quantitative estimate of drug-likeness (QED) is 0.478. The number of carbonyl (C=O) groups is 3. The predicted molar refractivity (Wildman–Crippen MR) is 113 cm³/mol. The van der Waals surface area contributed by atoms with Crippen molar-refractivity contribution in [1.82, 2.24) is 14.8 Å². The van der Waals surface area contributed by atoms with Crippen LogP contribution in [-0.2, 0) is 16.6 Å². The Balaban J connectivity index is 2.18. The maximum atomic E-state index is 12.5. The summed E-state index contributed by atoms with van der Waals surface area (Å²) in [6, 6.07) is 0. The van der Waals surface area contributed by atoms with Crippen molar-refractivity contribution in [3.8, 4) is 0 Å². The van der Waals surface area contributed by atoms with Gasteiger partial charge in [-0.2, -0.15) is 0 Å². The first-order valence-corrected chi connectivity index (χ1v) is 10.8. The van der Waals surface area contributed by atoms with Gasteiger partial charge in [-0.05, 0) is 26.3 Å². The maximum absolute atomic E-state index is 12.5. The molecule has 9 nitrogen and oxygen atoms in total. The summed E-state index contributed by atoms with van der Waals surface area (Å²) in [6.07, 6.45) is -0.344. The van der Waals surface area contributed by atoms with Crippen molar-refractivity contribution in [1.29, 1.82) is 0 Å². The van der Waals surface area contributed by atoms with Crippen LogP contribution in [0.5, 0.6) is 0 Å². The molecule has 0 aromatic carbocycles. The van der Waals surface area contributed by atoms with Gasteiger partial charge < -0.3 is 20.4 Å². The fraction of sp³-hybridized carbons (Fsp3) is 0.500. The van der Waals surface area contributed by atoms with Crippen LogP contribution in [0.25, 0.3) is 0 Å². The lowest BCUT2D eigenvalue weighted by molar-refractivity contribution is -0.113. The standard InChI is InChI=1S/C18H25N5O4S2/c1-8(2)15-21-22-18(23(15)6)28-7-11(24)20-16-12(17(26)27-9(3)4)10(5)13(29-16)14(19)25/h8-9H,7H2,1-6H3,(H2,19,25)(H,20,24). The van der Waals surface area contributed by atoms with Crippen LogP contribution in [0.3, 0.4) is 0 Å². The highest BCUT2D eigenvalue weighted by atomic mass is 32.2. The fourth-order valence-electron chi connectivity index (χ4n) is 2.60. The lowest BCUT2D eigenvalue weighted by Gasteiger charge is -2.10. The van der Waals surface area contributed by atoms with E-state index < -0.39 is 11.9 Å². The van der Waals surface area contributed by atoms with Crippen LogP contribution in [0.1, 0.15) is 65.0 Å². The average molecular weight is 440 g/mol. The molecule has 0 radical (unpaired) electrons. The minimum atomic E-state index is -0.665. The Morgan fingerprint density at radius 2 is 1.90 bits per heavy atom. The molecule has 0 unspecified atom stereocenters. The van der Waals surface area contributed by atoms with E-state index in [0.717, 1.165) is 17.2 Å². The van der Waals surface area contributed by atoms with Crippen molar-refractivity contribution < 1.29 is 19.1 Å². The summed E-state index contributed by atoms with van der Waals surface area (Å²) in [4.78, 5) is 36.8. The van der Waals surface area contributed by atoms with Crippen molar-refractivity contribution >= 4 is 45.9 Å². The molecule has 2 amide bonds. The van der Waals surface area contributed by atoms with E-state index in [-0.39, 0.29) is 39.1 Å². The van der Waals surface area contributed by atoms with Crippen molar-refractivity contribution in [3.63, 3.8) is 0 Å². The SMILES string of the molecule is Cc1c(C(N)=O)sc(NC(=O)CSc2nnc(C(C)C)n2C)c1C(=O)OC(C)C. The first-order valence-electron chi connectivity index (χ1n) is 8.99. The molecule has 11 heteroatoms. The highest BCUT2D eigenvalue weighted by Gasteiger charge is 2.26. The third kappa shape index (κ3) is 5.36. The van der Waals surface area contributed by atoms with Crippen LogP contribution in [0, 0.1) is 6.92 Å². The van der Waals surface area contributed by atoms with E-state index in [9.17, 15) is 14.4 Å². The Labute approximate surface area is 177 Å². The molecule has 2 heterocycles. The van der Waals surface area contributed by atoms with Gasteiger partial charge >= 0.3 is 5.97 Å². The summed E-state index contributed by atoms with van der Waals surface area (Å²) in [5.74, 6) is -0.524. The topological polar surface area (TPSA) is 129 Å². The van der Waals surface area contributed by atoms with Gasteiger partial charge in [0.1, 0.15) is 10.8 Å². The van der Waals surface area contributed by atoms with E-state index in [1.54, 1.807) is 20.8 Å². The van der Waals surface area contributed by atoms with Gasteiger partial charge in [0.05, 0.1) is 22.3 Å². The zero-order valence-corrected chi connectivity index (χ0v) is 18.9. The molecule has 2 rings (SSSR count). The highest BCUT2D eigenvalue weighted by molar-refractivity contribution is 7.99. The molecule has 0 aliphatic heterocycles. The number of hydrogen-bond donors (Lipinski definition) is 2. The second kappa shape index (κ2) is 9.40. The Hall–Kier alpha value is -2.40. The summed E-state index contributed by atoms with van der Waals surface area (Å²) in [7, 11) is 1.84. The number of nitrogens with one attached hydrogen (secondary N) is 1. The molecule has 3 N–H and O–H groups in total. The van der Waals surface area contributed by atoms with Gasteiger partial charge in [0.25, 0.3) is 5.91 Å². The number of hydrogen-bond acceptors (Lipinski definition) is 8.